The number of guanidine groups is 1. The van der Waals surface area contributed by atoms with Gasteiger partial charge in [0.2, 0.25) is 35.4 Å². The number of imidazole rings is 1. The summed E-state index contributed by atoms with van der Waals surface area (Å²) in [6.45, 7) is -1.04. The van der Waals surface area contributed by atoms with Crippen LogP contribution in [0.4, 0.5) is 0 Å². The summed E-state index contributed by atoms with van der Waals surface area (Å²) < 4.78 is 0. The van der Waals surface area contributed by atoms with E-state index in [4.69, 9.17) is 39.8 Å². The highest BCUT2D eigenvalue weighted by molar-refractivity contribution is 6.40. The van der Waals surface area contributed by atoms with E-state index >= 15 is 0 Å². The quantitative estimate of drug-likeness (QED) is 0.0130. The molecule has 30 nitrogen and oxygen atoms in total. The zero-order chi connectivity index (χ0) is 55.2. The lowest BCUT2D eigenvalue weighted by Gasteiger charge is -2.27. The molecule has 0 saturated carbocycles. The van der Waals surface area contributed by atoms with Gasteiger partial charge in [0.05, 0.1) is 30.7 Å². The number of unbranched alkanes of at least 4 members (excludes halogenated alkanes) is 2. The number of amides is 8. The van der Waals surface area contributed by atoms with Crippen molar-refractivity contribution in [2.24, 2.45) is 39.4 Å². The largest absolute Gasteiger partial charge is 0.477 e. The van der Waals surface area contributed by atoms with Gasteiger partial charge in [0, 0.05) is 38.9 Å². The third kappa shape index (κ3) is 22.4. The highest BCUT2D eigenvalue weighted by atomic mass is 16.4. The van der Waals surface area contributed by atoms with Crippen molar-refractivity contribution in [1.82, 2.24) is 52.1 Å². The average Bonchev–Trinajstić information content (AvgIpc) is 4.09. The summed E-state index contributed by atoms with van der Waals surface area (Å²) in [6, 6.07) is -8.07. The van der Waals surface area contributed by atoms with Crippen molar-refractivity contribution >= 4 is 64.9 Å². The molecule has 0 spiro atoms. The van der Waals surface area contributed by atoms with Crippen molar-refractivity contribution in [3.8, 4) is 0 Å². The molecule has 24 N–H and O–H groups in total. The van der Waals surface area contributed by atoms with Gasteiger partial charge in [-0.05, 0) is 90.3 Å². The Kier molecular flexibility index (Phi) is 29.4. The van der Waals surface area contributed by atoms with Crippen LogP contribution in [0, 0.1) is 5.41 Å². The number of aromatic amines is 1. The van der Waals surface area contributed by atoms with Crippen molar-refractivity contribution < 1.29 is 58.5 Å². The maximum absolute atomic E-state index is 14.1. The first-order chi connectivity index (χ1) is 35.3. The third-order valence-corrected chi connectivity index (χ3v) is 11.4. The van der Waals surface area contributed by atoms with E-state index in [-0.39, 0.29) is 89.2 Å². The van der Waals surface area contributed by atoms with Crippen LogP contribution in [0.2, 0.25) is 0 Å². The van der Waals surface area contributed by atoms with Crippen LogP contribution in [-0.4, -0.2) is 190 Å². The number of hydrogen-bond donors (Lipinski definition) is 18. The van der Waals surface area contributed by atoms with E-state index < -0.39 is 121 Å². The van der Waals surface area contributed by atoms with E-state index in [2.05, 4.69) is 52.2 Å². The van der Waals surface area contributed by atoms with Gasteiger partial charge < -0.3 is 96.8 Å². The molecule has 1 saturated heterocycles. The molecular weight excluding hydrogens is 973 g/mol. The topological polar surface area (TPSA) is 523 Å². The molecule has 1 fully saturated rings. The molecule has 2 heterocycles. The number of aliphatic carboxylic acids is 1. The van der Waals surface area contributed by atoms with Crippen molar-refractivity contribution in [2.45, 2.75) is 126 Å². The van der Waals surface area contributed by atoms with Gasteiger partial charge in [-0.1, -0.05) is 12.5 Å². The van der Waals surface area contributed by atoms with Crippen LogP contribution in [0.5, 0.6) is 0 Å². The van der Waals surface area contributed by atoms with Crippen LogP contribution in [0.3, 0.4) is 0 Å². The Morgan fingerprint density at radius 1 is 0.838 bits per heavy atom. The molecule has 7 atom stereocenters. The van der Waals surface area contributed by atoms with Crippen LogP contribution in [-0.2, 0) is 49.6 Å². The maximum atomic E-state index is 14.1. The van der Waals surface area contributed by atoms with Crippen LogP contribution >= 0.6 is 0 Å². The number of nitrogens with two attached hydrogens (primary N) is 6. The predicted octanol–water partition coefficient (Wildman–Crippen LogP) is -7.05. The second kappa shape index (κ2) is 34.5. The first-order valence-electron chi connectivity index (χ1n) is 24.4. The Morgan fingerprint density at radius 2 is 1.50 bits per heavy atom. The summed E-state index contributed by atoms with van der Waals surface area (Å²) in [4.78, 5) is 132. The molecule has 1 aromatic heterocycles. The van der Waals surface area contributed by atoms with E-state index in [9.17, 15) is 58.5 Å². The number of likely N-dealkylation sites (tertiary alicyclic amines) is 1. The van der Waals surface area contributed by atoms with Gasteiger partial charge in [-0.3, -0.25) is 43.8 Å². The molecule has 0 bridgehead atoms. The number of aliphatic imine (C=N–C) groups is 1. The lowest BCUT2D eigenvalue weighted by atomic mass is 10.1. The number of carbonyl (C=O) groups is 9. The van der Waals surface area contributed by atoms with Crippen molar-refractivity contribution in [2.75, 3.05) is 52.4 Å². The van der Waals surface area contributed by atoms with Crippen molar-refractivity contribution in [3.05, 3.63) is 30.0 Å². The number of carboxylic acids is 1. The number of aliphatic hydroxyl groups excluding tert-OH is 2. The molecule has 30 heteroatoms. The fraction of sp³-hybridized carbons (Fsp3) is 0.636. The van der Waals surface area contributed by atoms with Gasteiger partial charge >= 0.3 is 5.97 Å². The van der Waals surface area contributed by atoms with Crippen LogP contribution in [0.15, 0.2) is 29.3 Å². The molecule has 1 aliphatic rings. The summed E-state index contributed by atoms with van der Waals surface area (Å²) in [5, 5.41) is 54.2. The Labute approximate surface area is 427 Å². The minimum absolute atomic E-state index is 0.0307. The predicted molar refractivity (Wildman–Crippen MR) is 267 cm³/mol. The summed E-state index contributed by atoms with van der Waals surface area (Å²) in [7, 11) is 0. The second-order valence-corrected chi connectivity index (χ2v) is 17.2. The number of carboxylic acid groups (broad SMARTS) is 1. The molecule has 1 aliphatic heterocycles. The highest BCUT2D eigenvalue weighted by Gasteiger charge is 2.39. The number of nitrogens with one attached hydrogen (secondary N) is 9. The number of nitrogens with zero attached hydrogens (tertiary/aromatic N) is 3. The molecule has 8 amide bonds. The zero-order valence-corrected chi connectivity index (χ0v) is 41.4. The van der Waals surface area contributed by atoms with Crippen molar-refractivity contribution in [1.29, 1.82) is 5.41 Å². The number of aromatic nitrogens is 2. The molecule has 0 aromatic carbocycles. The van der Waals surface area contributed by atoms with Gasteiger partial charge in [-0.25, -0.2) is 14.8 Å². The first kappa shape index (κ1) is 63.2. The standard InChI is InChI=1S/C44H76N18O12/c45-14-3-1-8-26(49)36(66)61-35(33(64)21-48)41(71)58-28(13-19-63)37(67)54-23-34(65)56-29(10-5-16-47)42(72)62-18-7-12-32(62)40(70)60-31(20-25-22-52-24-55-25)39(69)57-27(9-2-4-15-46)38(68)59-30(43(73)74)11-6-17-53-44(50)51/h11,22,24,26-28,31-33,35,63-64H,1-10,12-21,23,45-49H2,(H,52,55)(H,54,67)(H,57,69)(H,58,71)(H,59,68)(H,60,70)(H,61,66)(H,73,74)(H4,50,51,53)/b30-11-,56-29+/t26-,27-,28-,31-,32-,33-,35-/m0/s1. The number of H-pyrrole nitrogens is 1. The molecule has 2 rings (SSSR count). The molecule has 74 heavy (non-hydrogen) atoms. The van der Waals surface area contributed by atoms with Gasteiger partial charge in [0.15, 0.2) is 5.96 Å². The molecule has 414 valence electrons. The van der Waals surface area contributed by atoms with Crippen LogP contribution in [0.25, 0.3) is 0 Å². The minimum Gasteiger partial charge on any atom is -0.477 e. The van der Waals surface area contributed by atoms with Gasteiger partial charge in [0.1, 0.15) is 41.6 Å². The molecule has 0 radical (unpaired) electrons. The van der Waals surface area contributed by atoms with E-state index in [0.29, 0.717) is 44.3 Å². The Balaban J connectivity index is 2.29. The second-order valence-electron chi connectivity index (χ2n) is 17.2. The van der Waals surface area contributed by atoms with E-state index in [1.807, 2.05) is 0 Å². The maximum Gasteiger partial charge on any atom is 0.352 e. The monoisotopic (exact) mass is 1050 g/mol. The molecular formula is C44H76N18O12. The van der Waals surface area contributed by atoms with E-state index in [1.54, 1.807) is 0 Å². The summed E-state index contributed by atoms with van der Waals surface area (Å²) in [5.74, 6) is -8.91. The first-order valence-corrected chi connectivity index (χ1v) is 24.4. The van der Waals surface area contributed by atoms with E-state index in [1.165, 1.54) is 23.5 Å². The molecule has 1 aromatic rings. The summed E-state index contributed by atoms with van der Waals surface area (Å²) >= 11 is 0. The Hall–Kier alpha value is -6.96. The lowest BCUT2D eigenvalue weighted by molar-refractivity contribution is -0.137. The fourth-order valence-corrected chi connectivity index (χ4v) is 7.39. The molecule has 0 aliphatic carbocycles. The highest BCUT2D eigenvalue weighted by Crippen LogP contribution is 2.20. The zero-order valence-electron chi connectivity index (χ0n) is 41.4. The smallest absolute Gasteiger partial charge is 0.352 e. The molecule has 0 unspecified atom stereocenters. The fourth-order valence-electron chi connectivity index (χ4n) is 7.39. The number of rotatable bonds is 35. The minimum atomic E-state index is -1.65. The Morgan fingerprint density at radius 3 is 2.11 bits per heavy atom. The number of carbonyl (C=O) groups excluding carboxylic acids is 8. The van der Waals surface area contributed by atoms with Gasteiger partial charge in [-0.15, -0.1) is 0 Å². The van der Waals surface area contributed by atoms with Gasteiger partial charge in [-0.2, -0.15) is 0 Å². The van der Waals surface area contributed by atoms with E-state index in [0.717, 1.165) is 0 Å². The number of aliphatic hydroxyl groups is 2. The number of hydrogen-bond acceptors (Lipinski definition) is 18. The SMILES string of the molecule is N=C(N)NCC/C=C(\NC(=O)[C@H](CCCCN)NC(=O)[C@H](Cc1c[nH]cn1)NC(=O)[C@@H]1CCCN1C(=O)/C(CCCN)=N/C(=O)CNC(=O)[C@H](CCO)NC(=O)[C@@H](NC(=O)[C@@H](N)CCCCN)[C@@H](O)CN)C(=O)O. The van der Waals surface area contributed by atoms with Crippen LogP contribution in [0.1, 0.15) is 82.7 Å². The van der Waals surface area contributed by atoms with Crippen LogP contribution < -0.4 is 71.6 Å². The summed E-state index contributed by atoms with van der Waals surface area (Å²) in [6.07, 6.45) is 4.63. The normalized spacial score (nSPS) is 16.1. The third-order valence-electron chi connectivity index (χ3n) is 11.4. The van der Waals surface area contributed by atoms with Crippen molar-refractivity contribution in [3.63, 3.8) is 0 Å². The summed E-state index contributed by atoms with van der Waals surface area (Å²) in [5.41, 5.74) is 33.2. The lowest BCUT2D eigenvalue weighted by Crippen LogP contribution is -2.60. The Bertz CT molecular complexity index is 2090. The average molecular weight is 1050 g/mol. The van der Waals surface area contributed by atoms with Gasteiger partial charge in [0.25, 0.3) is 11.8 Å².